The van der Waals surface area contributed by atoms with Gasteiger partial charge in [-0.05, 0) is 12.8 Å². The molecular weight excluding hydrogens is 216 g/mol. The van der Waals surface area contributed by atoms with Crippen molar-refractivity contribution in [1.29, 1.82) is 0 Å². The second-order valence-corrected chi connectivity index (χ2v) is 4.46. The number of carbonyl (C=O) groups excluding carboxylic acids is 2. The van der Waals surface area contributed by atoms with Gasteiger partial charge in [0.2, 0.25) is 5.91 Å². The molecule has 2 N–H and O–H groups in total. The zero-order valence-corrected chi connectivity index (χ0v) is 12.3. The lowest BCUT2D eigenvalue weighted by Gasteiger charge is -2.23. The van der Waals surface area contributed by atoms with Crippen LogP contribution in [-0.4, -0.2) is 30.3 Å². The van der Waals surface area contributed by atoms with Crippen LogP contribution in [0.3, 0.4) is 0 Å². The molecule has 0 rings (SSSR count). The molecule has 0 aromatic carbocycles. The highest BCUT2D eigenvalue weighted by atomic mass is 16.2. The topological polar surface area (TPSA) is 58.2 Å². The van der Waals surface area contributed by atoms with Crippen molar-refractivity contribution < 1.29 is 9.59 Å². The quantitative estimate of drug-likeness (QED) is 0.748. The van der Waals surface area contributed by atoms with Gasteiger partial charge in [-0.1, -0.05) is 41.5 Å². The highest BCUT2D eigenvalue weighted by molar-refractivity contribution is 5.87. The second-order valence-electron chi connectivity index (χ2n) is 4.46. The van der Waals surface area contributed by atoms with Gasteiger partial charge >= 0.3 is 0 Å². The Morgan fingerprint density at radius 1 is 1.06 bits per heavy atom. The molecule has 4 heteroatoms. The molecule has 1 amide bonds. The van der Waals surface area contributed by atoms with E-state index in [4.69, 9.17) is 0 Å². The first kappa shape index (κ1) is 18.5. The monoisotopic (exact) mass is 244 g/mol. The van der Waals surface area contributed by atoms with Crippen LogP contribution >= 0.6 is 0 Å². The average Bonchev–Trinajstić information content (AvgIpc) is 2.24. The predicted octanol–water partition coefficient (Wildman–Crippen LogP) is 1.74. The van der Waals surface area contributed by atoms with Crippen LogP contribution in [0, 0.1) is 5.92 Å². The molecule has 0 radical (unpaired) electrons. The van der Waals surface area contributed by atoms with Crippen molar-refractivity contribution in [2.75, 3.05) is 6.54 Å². The zero-order chi connectivity index (χ0) is 14.0. The molecule has 0 aliphatic rings. The highest BCUT2D eigenvalue weighted by Crippen LogP contribution is 2.02. The summed E-state index contributed by atoms with van der Waals surface area (Å²) in [5, 5.41) is 5.80. The SMILES string of the molecule is CC.CC(=O)CNC(=O)C(NC(C)C)C(C)C. The maximum Gasteiger partial charge on any atom is 0.237 e. The van der Waals surface area contributed by atoms with Crippen LogP contribution in [0.5, 0.6) is 0 Å². The molecule has 1 atom stereocenters. The Labute approximate surface area is 106 Å². The summed E-state index contributed by atoms with van der Waals surface area (Å²) in [6.45, 7) is 13.5. The van der Waals surface area contributed by atoms with Crippen molar-refractivity contribution >= 4 is 11.7 Å². The zero-order valence-electron chi connectivity index (χ0n) is 12.3. The van der Waals surface area contributed by atoms with Gasteiger partial charge in [-0.25, -0.2) is 0 Å². The number of ketones is 1. The molecule has 0 aromatic rings. The summed E-state index contributed by atoms with van der Waals surface area (Å²) in [4.78, 5) is 22.4. The molecular formula is C13H28N2O2. The van der Waals surface area contributed by atoms with Crippen LogP contribution < -0.4 is 10.6 Å². The fraction of sp³-hybridized carbons (Fsp3) is 0.846. The van der Waals surface area contributed by atoms with Crippen molar-refractivity contribution in [3.8, 4) is 0 Å². The molecule has 0 heterocycles. The molecule has 0 saturated heterocycles. The van der Waals surface area contributed by atoms with E-state index < -0.39 is 0 Å². The summed E-state index contributed by atoms with van der Waals surface area (Å²) in [7, 11) is 0. The highest BCUT2D eigenvalue weighted by Gasteiger charge is 2.22. The van der Waals surface area contributed by atoms with Gasteiger partial charge in [-0.3, -0.25) is 9.59 Å². The fourth-order valence-electron chi connectivity index (χ4n) is 1.25. The smallest absolute Gasteiger partial charge is 0.237 e. The third-order valence-corrected chi connectivity index (χ3v) is 1.97. The minimum atomic E-state index is -0.232. The van der Waals surface area contributed by atoms with E-state index >= 15 is 0 Å². The van der Waals surface area contributed by atoms with Gasteiger partial charge in [0.05, 0.1) is 12.6 Å². The third-order valence-electron chi connectivity index (χ3n) is 1.97. The summed E-state index contributed by atoms with van der Waals surface area (Å²) in [6.07, 6.45) is 0. The van der Waals surface area contributed by atoms with Crippen LogP contribution in [0.25, 0.3) is 0 Å². The Morgan fingerprint density at radius 3 is 1.82 bits per heavy atom. The summed E-state index contributed by atoms with van der Waals surface area (Å²) < 4.78 is 0. The maximum absolute atomic E-state index is 11.7. The van der Waals surface area contributed by atoms with Crippen LogP contribution in [0.4, 0.5) is 0 Å². The molecule has 0 spiro atoms. The van der Waals surface area contributed by atoms with Gasteiger partial charge in [0, 0.05) is 6.04 Å². The van der Waals surface area contributed by atoms with Gasteiger partial charge in [0.15, 0.2) is 0 Å². The first-order valence-electron chi connectivity index (χ1n) is 6.37. The van der Waals surface area contributed by atoms with E-state index in [0.29, 0.717) is 0 Å². The van der Waals surface area contributed by atoms with Gasteiger partial charge in [0.25, 0.3) is 0 Å². The number of hydrogen-bond acceptors (Lipinski definition) is 3. The van der Waals surface area contributed by atoms with Crippen LogP contribution in [0.15, 0.2) is 0 Å². The fourth-order valence-corrected chi connectivity index (χ4v) is 1.25. The molecule has 17 heavy (non-hydrogen) atoms. The lowest BCUT2D eigenvalue weighted by Crippen LogP contribution is -2.50. The molecule has 4 nitrogen and oxygen atoms in total. The number of rotatable bonds is 6. The van der Waals surface area contributed by atoms with E-state index in [2.05, 4.69) is 10.6 Å². The predicted molar refractivity (Wildman–Crippen MR) is 71.9 cm³/mol. The number of amides is 1. The molecule has 1 unspecified atom stereocenters. The first-order chi connectivity index (χ1) is 7.84. The van der Waals surface area contributed by atoms with E-state index in [1.807, 2.05) is 41.5 Å². The lowest BCUT2D eigenvalue weighted by molar-refractivity contribution is -0.126. The summed E-state index contributed by atoms with van der Waals surface area (Å²) in [6, 6.07) is 0.0184. The van der Waals surface area contributed by atoms with Crippen LogP contribution in [-0.2, 0) is 9.59 Å². The van der Waals surface area contributed by atoms with Crippen LogP contribution in [0.2, 0.25) is 0 Å². The number of carbonyl (C=O) groups is 2. The Bertz CT molecular complexity index is 225. The van der Waals surface area contributed by atoms with Gasteiger partial charge in [0.1, 0.15) is 5.78 Å². The van der Waals surface area contributed by atoms with Crippen molar-refractivity contribution in [2.45, 2.75) is 60.5 Å². The Kier molecular flexibility index (Phi) is 11.2. The molecule has 0 saturated carbocycles. The third kappa shape index (κ3) is 10.00. The van der Waals surface area contributed by atoms with Crippen LogP contribution in [0.1, 0.15) is 48.5 Å². The van der Waals surface area contributed by atoms with Crippen molar-refractivity contribution in [2.24, 2.45) is 5.92 Å². The van der Waals surface area contributed by atoms with Gasteiger partial charge in [-0.2, -0.15) is 0 Å². The Morgan fingerprint density at radius 2 is 1.53 bits per heavy atom. The van der Waals surface area contributed by atoms with E-state index in [9.17, 15) is 9.59 Å². The molecule has 0 fully saturated rings. The standard InChI is InChI=1S/C11H22N2O2.C2H6/c1-7(2)10(13-8(3)4)11(15)12-6-9(5)14;1-2/h7-8,10,13H,6H2,1-5H3,(H,12,15);1-2H3. The molecule has 0 aromatic heterocycles. The molecule has 0 aliphatic carbocycles. The molecule has 102 valence electrons. The first-order valence-corrected chi connectivity index (χ1v) is 6.37. The average molecular weight is 244 g/mol. The Hall–Kier alpha value is -0.900. The van der Waals surface area contributed by atoms with E-state index in [1.165, 1.54) is 6.92 Å². The minimum absolute atomic E-state index is 0.0320. The summed E-state index contributed by atoms with van der Waals surface area (Å²) in [5.74, 6) is 0.0728. The number of Topliss-reactive ketones (excluding diaryl/α,β-unsaturated/α-hetero) is 1. The minimum Gasteiger partial charge on any atom is -0.348 e. The number of hydrogen-bond donors (Lipinski definition) is 2. The van der Waals surface area contributed by atoms with Gasteiger partial charge in [-0.15, -0.1) is 0 Å². The second kappa shape index (κ2) is 10.3. The number of nitrogens with one attached hydrogen (secondary N) is 2. The van der Waals surface area contributed by atoms with Gasteiger partial charge < -0.3 is 10.6 Å². The lowest BCUT2D eigenvalue weighted by atomic mass is 10.0. The molecule has 0 bridgehead atoms. The normalized spacial score (nSPS) is 11.8. The maximum atomic E-state index is 11.7. The summed E-state index contributed by atoms with van der Waals surface area (Å²) in [5.41, 5.74) is 0. The summed E-state index contributed by atoms with van der Waals surface area (Å²) >= 11 is 0. The van der Waals surface area contributed by atoms with Crippen molar-refractivity contribution in [3.63, 3.8) is 0 Å². The van der Waals surface area contributed by atoms with E-state index in [0.717, 1.165) is 0 Å². The molecule has 0 aliphatic heterocycles. The van der Waals surface area contributed by atoms with E-state index in [1.54, 1.807) is 0 Å². The van der Waals surface area contributed by atoms with Crippen molar-refractivity contribution in [3.05, 3.63) is 0 Å². The largest absolute Gasteiger partial charge is 0.348 e. The van der Waals surface area contributed by atoms with E-state index in [-0.39, 0.29) is 36.2 Å². The van der Waals surface area contributed by atoms with Crippen molar-refractivity contribution in [1.82, 2.24) is 10.6 Å². The Balaban J connectivity index is 0.